The van der Waals surface area contributed by atoms with Gasteiger partial charge in [-0.25, -0.2) is 4.79 Å². The SMILES string of the molecule is CC=CC(=O)O.CCN(C(C)=O)C(C)=O. The Hall–Kier alpha value is -1.65. The van der Waals surface area contributed by atoms with Gasteiger partial charge in [-0.05, 0) is 13.8 Å². The maximum atomic E-state index is 10.5. The fourth-order valence-electron chi connectivity index (χ4n) is 0.810. The van der Waals surface area contributed by atoms with Crippen LogP contribution >= 0.6 is 0 Å². The highest BCUT2D eigenvalue weighted by atomic mass is 16.4. The van der Waals surface area contributed by atoms with Crippen LogP contribution in [0.2, 0.25) is 0 Å². The molecule has 0 unspecified atom stereocenters. The van der Waals surface area contributed by atoms with E-state index in [-0.39, 0.29) is 11.8 Å². The van der Waals surface area contributed by atoms with Crippen LogP contribution in [0.25, 0.3) is 0 Å². The van der Waals surface area contributed by atoms with E-state index in [1.165, 1.54) is 24.8 Å². The molecular weight excluding hydrogens is 198 g/mol. The summed E-state index contributed by atoms with van der Waals surface area (Å²) < 4.78 is 0. The summed E-state index contributed by atoms with van der Waals surface area (Å²) in [6, 6.07) is 0. The lowest BCUT2D eigenvalue weighted by Gasteiger charge is -2.12. The van der Waals surface area contributed by atoms with Gasteiger partial charge in [0.25, 0.3) is 0 Å². The molecule has 15 heavy (non-hydrogen) atoms. The van der Waals surface area contributed by atoms with Crippen LogP contribution < -0.4 is 0 Å². The number of carbonyl (C=O) groups is 3. The number of allylic oxidation sites excluding steroid dienone is 1. The first-order valence-electron chi connectivity index (χ1n) is 4.51. The molecule has 0 saturated carbocycles. The van der Waals surface area contributed by atoms with E-state index < -0.39 is 5.97 Å². The molecule has 0 aliphatic carbocycles. The van der Waals surface area contributed by atoms with Gasteiger partial charge in [-0.1, -0.05) is 6.08 Å². The molecule has 0 saturated heterocycles. The van der Waals surface area contributed by atoms with Crippen molar-refractivity contribution in [1.29, 1.82) is 0 Å². The quantitative estimate of drug-likeness (QED) is 0.698. The Morgan fingerprint density at radius 1 is 1.20 bits per heavy atom. The number of aliphatic carboxylic acids is 1. The predicted molar refractivity (Wildman–Crippen MR) is 56.2 cm³/mol. The van der Waals surface area contributed by atoms with Gasteiger partial charge in [-0.15, -0.1) is 0 Å². The van der Waals surface area contributed by atoms with Gasteiger partial charge in [0.15, 0.2) is 0 Å². The minimum atomic E-state index is -0.891. The zero-order valence-electron chi connectivity index (χ0n) is 9.48. The Morgan fingerprint density at radius 3 is 1.60 bits per heavy atom. The van der Waals surface area contributed by atoms with Crippen molar-refractivity contribution in [3.05, 3.63) is 12.2 Å². The highest BCUT2D eigenvalue weighted by Crippen LogP contribution is 1.87. The van der Waals surface area contributed by atoms with Gasteiger partial charge in [0, 0.05) is 26.5 Å². The topological polar surface area (TPSA) is 74.7 Å². The van der Waals surface area contributed by atoms with Crippen LogP contribution in [-0.2, 0) is 14.4 Å². The van der Waals surface area contributed by atoms with Crippen LogP contribution in [0.4, 0.5) is 0 Å². The summed E-state index contributed by atoms with van der Waals surface area (Å²) in [6.45, 7) is 6.65. The minimum Gasteiger partial charge on any atom is -0.478 e. The zero-order valence-corrected chi connectivity index (χ0v) is 9.48. The van der Waals surface area contributed by atoms with E-state index in [0.29, 0.717) is 6.54 Å². The highest BCUT2D eigenvalue weighted by molar-refractivity contribution is 5.92. The van der Waals surface area contributed by atoms with Crippen molar-refractivity contribution in [1.82, 2.24) is 4.90 Å². The van der Waals surface area contributed by atoms with Crippen molar-refractivity contribution in [2.45, 2.75) is 27.7 Å². The summed E-state index contributed by atoms with van der Waals surface area (Å²) in [4.78, 5) is 31.7. The van der Waals surface area contributed by atoms with Crippen molar-refractivity contribution in [3.63, 3.8) is 0 Å². The second-order valence-electron chi connectivity index (χ2n) is 2.62. The average molecular weight is 215 g/mol. The molecule has 0 radical (unpaired) electrons. The van der Waals surface area contributed by atoms with Gasteiger partial charge < -0.3 is 5.11 Å². The minimum absolute atomic E-state index is 0.190. The summed E-state index contributed by atoms with van der Waals surface area (Å²) in [5, 5.41) is 7.83. The van der Waals surface area contributed by atoms with E-state index in [4.69, 9.17) is 5.11 Å². The molecule has 0 spiro atoms. The third-order valence-corrected chi connectivity index (χ3v) is 1.39. The van der Waals surface area contributed by atoms with Gasteiger partial charge in [-0.3, -0.25) is 14.5 Å². The number of nitrogens with zero attached hydrogens (tertiary/aromatic N) is 1. The van der Waals surface area contributed by atoms with E-state index in [1.54, 1.807) is 13.8 Å². The molecule has 0 fully saturated rings. The number of amides is 2. The molecule has 1 N–H and O–H groups in total. The molecule has 0 rings (SSSR count). The lowest BCUT2D eigenvalue weighted by atomic mass is 10.5. The van der Waals surface area contributed by atoms with Crippen LogP contribution in [0, 0.1) is 0 Å². The Kier molecular flexibility index (Phi) is 9.41. The van der Waals surface area contributed by atoms with E-state index in [9.17, 15) is 14.4 Å². The van der Waals surface area contributed by atoms with Crippen molar-refractivity contribution in [2.75, 3.05) is 6.54 Å². The Labute approximate surface area is 89.4 Å². The van der Waals surface area contributed by atoms with Crippen molar-refractivity contribution in [3.8, 4) is 0 Å². The zero-order chi connectivity index (χ0) is 12.4. The number of carbonyl (C=O) groups excluding carboxylic acids is 2. The molecule has 5 nitrogen and oxygen atoms in total. The number of carboxylic acids is 1. The summed E-state index contributed by atoms with van der Waals surface area (Å²) in [7, 11) is 0. The van der Waals surface area contributed by atoms with Crippen LogP contribution in [-0.4, -0.2) is 34.3 Å². The second-order valence-corrected chi connectivity index (χ2v) is 2.62. The molecule has 0 aromatic carbocycles. The largest absolute Gasteiger partial charge is 0.478 e. The van der Waals surface area contributed by atoms with Crippen LogP contribution in [0.15, 0.2) is 12.2 Å². The Balaban J connectivity index is 0. The first-order valence-corrected chi connectivity index (χ1v) is 4.51. The number of rotatable bonds is 2. The molecule has 86 valence electrons. The summed E-state index contributed by atoms with van der Waals surface area (Å²) in [5.74, 6) is -1.27. The lowest BCUT2D eigenvalue weighted by molar-refractivity contribution is -0.141. The molecule has 0 aromatic rings. The van der Waals surface area contributed by atoms with Crippen LogP contribution in [0.5, 0.6) is 0 Å². The monoisotopic (exact) mass is 215 g/mol. The van der Waals surface area contributed by atoms with Gasteiger partial charge in [0.2, 0.25) is 11.8 Å². The van der Waals surface area contributed by atoms with Crippen LogP contribution in [0.3, 0.4) is 0 Å². The fraction of sp³-hybridized carbons (Fsp3) is 0.500. The molecule has 0 bridgehead atoms. The maximum Gasteiger partial charge on any atom is 0.327 e. The standard InChI is InChI=1S/C6H11NO2.C4H6O2/c1-4-7(5(2)8)6(3)9;1-2-3-4(5)6/h4H2,1-3H3;2-3H,1H3,(H,5,6). The van der Waals surface area contributed by atoms with E-state index in [2.05, 4.69) is 0 Å². The highest BCUT2D eigenvalue weighted by Gasteiger charge is 2.08. The van der Waals surface area contributed by atoms with Gasteiger partial charge in [-0.2, -0.15) is 0 Å². The number of imide groups is 1. The number of hydrogen-bond donors (Lipinski definition) is 1. The molecule has 2 amide bonds. The smallest absolute Gasteiger partial charge is 0.327 e. The fourth-order valence-corrected chi connectivity index (χ4v) is 0.810. The van der Waals surface area contributed by atoms with Crippen molar-refractivity contribution >= 4 is 17.8 Å². The maximum absolute atomic E-state index is 10.5. The third-order valence-electron chi connectivity index (χ3n) is 1.39. The van der Waals surface area contributed by atoms with Crippen molar-refractivity contribution < 1.29 is 19.5 Å². The van der Waals surface area contributed by atoms with Gasteiger partial charge >= 0.3 is 5.97 Å². The molecule has 0 aliphatic rings. The van der Waals surface area contributed by atoms with Gasteiger partial charge in [0.1, 0.15) is 0 Å². The molecule has 0 aromatic heterocycles. The Bertz CT molecular complexity index is 244. The molecule has 0 heterocycles. The van der Waals surface area contributed by atoms with Crippen LogP contribution in [0.1, 0.15) is 27.7 Å². The van der Waals surface area contributed by atoms with E-state index in [0.717, 1.165) is 6.08 Å². The molecule has 5 heteroatoms. The number of hydrogen-bond acceptors (Lipinski definition) is 3. The first-order chi connectivity index (χ1) is 6.86. The summed E-state index contributed by atoms with van der Waals surface area (Å²) >= 11 is 0. The Morgan fingerprint density at radius 2 is 1.60 bits per heavy atom. The van der Waals surface area contributed by atoms with Gasteiger partial charge in [0.05, 0.1) is 0 Å². The number of carboxylic acid groups (broad SMARTS) is 1. The first kappa shape index (κ1) is 15.8. The van der Waals surface area contributed by atoms with E-state index >= 15 is 0 Å². The summed E-state index contributed by atoms with van der Waals surface area (Å²) in [5.41, 5.74) is 0. The molecular formula is C10H17NO4. The molecule has 0 aliphatic heterocycles. The van der Waals surface area contributed by atoms with E-state index in [1.807, 2.05) is 0 Å². The average Bonchev–Trinajstić information content (AvgIpc) is 2.03. The molecule has 0 atom stereocenters. The second kappa shape index (κ2) is 8.93. The third kappa shape index (κ3) is 10.3. The summed E-state index contributed by atoms with van der Waals surface area (Å²) in [6.07, 6.45) is 2.56. The van der Waals surface area contributed by atoms with Crippen molar-refractivity contribution in [2.24, 2.45) is 0 Å². The lowest BCUT2D eigenvalue weighted by Crippen LogP contribution is -2.32. The normalized spacial score (nSPS) is 9.07. The predicted octanol–water partition coefficient (Wildman–Crippen LogP) is 1.05.